The Balaban J connectivity index is 0.000000270. The van der Waals surface area contributed by atoms with Gasteiger partial charge in [-0.05, 0) is 11.1 Å². The van der Waals surface area contributed by atoms with Gasteiger partial charge in [-0.2, -0.15) is 8.42 Å². The molecule has 0 aromatic carbocycles. The van der Waals surface area contributed by atoms with Crippen LogP contribution in [0.1, 0.15) is 0 Å². The van der Waals surface area contributed by atoms with Crippen molar-refractivity contribution in [2.45, 2.75) is 0 Å². The van der Waals surface area contributed by atoms with Crippen LogP contribution < -0.4 is 9.13 Å². The fourth-order valence-electron chi connectivity index (χ4n) is 1.45. The molecular formula is C14H20N2O4S+2. The summed E-state index contributed by atoms with van der Waals surface area (Å²) in [7, 11) is 2.44. The van der Waals surface area contributed by atoms with E-state index in [1.54, 1.807) is 0 Å². The van der Waals surface area contributed by atoms with Crippen molar-refractivity contribution < 1.29 is 25.9 Å². The fourth-order valence-corrected chi connectivity index (χ4v) is 1.59. The summed E-state index contributed by atoms with van der Waals surface area (Å²) in [5, 5.41) is 0. The molecule has 7 heteroatoms. The van der Waals surface area contributed by atoms with Crippen molar-refractivity contribution in [1.29, 1.82) is 0 Å². The van der Waals surface area contributed by atoms with Crippen LogP contribution in [0.15, 0.2) is 49.1 Å². The zero-order chi connectivity index (χ0) is 15.9. The second-order valence-electron chi connectivity index (χ2n) is 4.25. The lowest BCUT2D eigenvalue weighted by Gasteiger charge is -1.97. The standard InChI is InChI=1S/C12H14N2.C2H6O4S/c1-13-7-3-11(4-8-13)12-5-9-14(2)10-6-12;1-5-7(3,4)6-2/h3-10H,1-2H3;1-2H3/q+2;. The van der Waals surface area contributed by atoms with E-state index < -0.39 is 10.4 Å². The Hall–Kier alpha value is -1.83. The normalized spacial score (nSPS) is 10.7. The maximum Gasteiger partial charge on any atom is 0.399 e. The number of aromatic nitrogens is 2. The van der Waals surface area contributed by atoms with E-state index in [9.17, 15) is 8.42 Å². The van der Waals surface area contributed by atoms with Crippen molar-refractivity contribution in [2.24, 2.45) is 14.1 Å². The van der Waals surface area contributed by atoms with Gasteiger partial charge < -0.3 is 0 Å². The molecule has 2 aromatic heterocycles. The molecule has 0 saturated heterocycles. The molecule has 6 nitrogen and oxygen atoms in total. The van der Waals surface area contributed by atoms with Crippen molar-refractivity contribution >= 4 is 10.4 Å². The Morgan fingerprint density at radius 2 is 1.05 bits per heavy atom. The predicted molar refractivity (Wildman–Crippen MR) is 77.2 cm³/mol. The average Bonchev–Trinajstić information content (AvgIpc) is 2.50. The number of rotatable bonds is 3. The summed E-state index contributed by atoms with van der Waals surface area (Å²) in [5.41, 5.74) is 2.51. The van der Waals surface area contributed by atoms with Gasteiger partial charge in [0.25, 0.3) is 0 Å². The Morgan fingerprint density at radius 1 is 0.762 bits per heavy atom. The fraction of sp³-hybridized carbons (Fsp3) is 0.286. The molecule has 0 fully saturated rings. The first-order valence-electron chi connectivity index (χ1n) is 6.15. The lowest BCUT2D eigenvalue weighted by atomic mass is 10.1. The molecular weight excluding hydrogens is 292 g/mol. The summed E-state index contributed by atoms with van der Waals surface area (Å²) in [4.78, 5) is 0. The van der Waals surface area contributed by atoms with E-state index in [0.29, 0.717) is 0 Å². The van der Waals surface area contributed by atoms with Gasteiger partial charge in [0, 0.05) is 24.3 Å². The molecule has 0 aliphatic heterocycles. The molecule has 0 aliphatic carbocycles. The van der Waals surface area contributed by atoms with E-state index in [4.69, 9.17) is 0 Å². The second kappa shape index (κ2) is 7.82. The van der Waals surface area contributed by atoms with E-state index in [1.807, 2.05) is 23.2 Å². The van der Waals surface area contributed by atoms with Gasteiger partial charge in [0.05, 0.1) is 14.2 Å². The number of nitrogens with zero attached hydrogens (tertiary/aromatic N) is 2. The van der Waals surface area contributed by atoms with Gasteiger partial charge in [-0.15, -0.1) is 0 Å². The molecule has 0 saturated carbocycles. The molecule has 114 valence electrons. The van der Waals surface area contributed by atoms with Gasteiger partial charge in [0.2, 0.25) is 0 Å². The van der Waals surface area contributed by atoms with Crippen LogP contribution in [0.5, 0.6) is 0 Å². The number of pyridine rings is 2. The highest BCUT2D eigenvalue weighted by molar-refractivity contribution is 7.81. The Labute approximate surface area is 125 Å². The predicted octanol–water partition coefficient (Wildman–Crippen LogP) is 0.527. The third-order valence-electron chi connectivity index (χ3n) is 2.70. The zero-order valence-corrected chi connectivity index (χ0v) is 13.4. The molecule has 0 aliphatic rings. The number of hydrogen-bond donors (Lipinski definition) is 0. The quantitative estimate of drug-likeness (QED) is 0.776. The molecule has 0 unspecified atom stereocenters. The van der Waals surface area contributed by atoms with E-state index in [-0.39, 0.29) is 0 Å². The summed E-state index contributed by atoms with van der Waals surface area (Å²) in [6.07, 6.45) is 8.23. The lowest BCUT2D eigenvalue weighted by molar-refractivity contribution is -0.671. The van der Waals surface area contributed by atoms with Gasteiger partial charge >= 0.3 is 10.4 Å². The molecule has 0 spiro atoms. The van der Waals surface area contributed by atoms with Crippen LogP contribution in [0, 0.1) is 0 Å². The maximum atomic E-state index is 9.92. The van der Waals surface area contributed by atoms with Crippen LogP contribution >= 0.6 is 0 Å². The van der Waals surface area contributed by atoms with Crippen molar-refractivity contribution in [3.05, 3.63) is 49.1 Å². The van der Waals surface area contributed by atoms with Crippen LogP contribution in [0.4, 0.5) is 0 Å². The lowest BCUT2D eigenvalue weighted by Crippen LogP contribution is -2.26. The Bertz CT molecular complexity index is 599. The summed E-state index contributed by atoms with van der Waals surface area (Å²) < 4.78 is 31.6. The summed E-state index contributed by atoms with van der Waals surface area (Å²) in [6.45, 7) is 0. The van der Waals surface area contributed by atoms with Gasteiger partial charge in [-0.1, -0.05) is 0 Å². The molecule has 0 bridgehead atoms. The summed E-state index contributed by atoms with van der Waals surface area (Å²) >= 11 is 0. The van der Waals surface area contributed by atoms with E-state index in [2.05, 4.69) is 57.4 Å². The number of hydrogen-bond acceptors (Lipinski definition) is 4. The summed E-state index contributed by atoms with van der Waals surface area (Å²) in [6, 6.07) is 8.48. The highest BCUT2D eigenvalue weighted by atomic mass is 32.3. The smallest absolute Gasteiger partial charge is 0.252 e. The minimum atomic E-state index is -3.66. The van der Waals surface area contributed by atoms with Crippen LogP contribution in [-0.4, -0.2) is 22.6 Å². The van der Waals surface area contributed by atoms with Gasteiger partial charge in [0.15, 0.2) is 24.8 Å². The monoisotopic (exact) mass is 312 g/mol. The van der Waals surface area contributed by atoms with E-state index >= 15 is 0 Å². The number of aryl methyl sites for hydroxylation is 2. The molecule has 0 amide bonds. The van der Waals surface area contributed by atoms with Crippen LogP contribution in [0.2, 0.25) is 0 Å². The second-order valence-corrected chi connectivity index (χ2v) is 5.73. The molecule has 2 aromatic rings. The van der Waals surface area contributed by atoms with Gasteiger partial charge in [0.1, 0.15) is 14.1 Å². The minimum Gasteiger partial charge on any atom is -0.252 e. The highest BCUT2D eigenvalue weighted by Crippen LogP contribution is 2.14. The van der Waals surface area contributed by atoms with Crippen molar-refractivity contribution in [2.75, 3.05) is 14.2 Å². The van der Waals surface area contributed by atoms with Crippen molar-refractivity contribution in [3.63, 3.8) is 0 Å². The highest BCUT2D eigenvalue weighted by Gasteiger charge is 2.01. The van der Waals surface area contributed by atoms with Gasteiger partial charge in [-0.3, -0.25) is 8.37 Å². The third kappa shape index (κ3) is 5.99. The SMILES string of the molecule is COS(=O)(=O)OC.C[n+]1ccc(-c2cc[n+](C)cc2)cc1. The van der Waals surface area contributed by atoms with E-state index in [1.165, 1.54) is 11.1 Å². The first-order valence-corrected chi connectivity index (χ1v) is 7.48. The van der Waals surface area contributed by atoms with Crippen LogP contribution in [-0.2, 0) is 32.9 Å². The molecule has 2 heterocycles. The minimum absolute atomic E-state index is 1.03. The molecule has 0 N–H and O–H groups in total. The molecule has 2 rings (SSSR count). The van der Waals surface area contributed by atoms with Crippen molar-refractivity contribution in [3.8, 4) is 11.1 Å². The molecule has 21 heavy (non-hydrogen) atoms. The van der Waals surface area contributed by atoms with Gasteiger partial charge in [-0.25, -0.2) is 9.13 Å². The van der Waals surface area contributed by atoms with Crippen molar-refractivity contribution in [1.82, 2.24) is 0 Å². The maximum absolute atomic E-state index is 9.92. The Morgan fingerprint density at radius 3 is 1.24 bits per heavy atom. The third-order valence-corrected chi connectivity index (χ3v) is 3.52. The molecule has 0 atom stereocenters. The Kier molecular flexibility index (Phi) is 6.41. The van der Waals surface area contributed by atoms with Crippen LogP contribution in [0.3, 0.4) is 0 Å². The zero-order valence-electron chi connectivity index (χ0n) is 12.6. The average molecular weight is 312 g/mol. The van der Waals surface area contributed by atoms with E-state index in [0.717, 1.165) is 14.2 Å². The van der Waals surface area contributed by atoms with Crippen LogP contribution in [0.25, 0.3) is 11.1 Å². The largest absolute Gasteiger partial charge is 0.399 e. The summed E-state index contributed by atoms with van der Waals surface area (Å²) in [5.74, 6) is 0. The topological polar surface area (TPSA) is 60.4 Å². The first-order chi connectivity index (χ1) is 9.88. The molecule has 0 radical (unpaired) electrons. The first kappa shape index (κ1) is 17.2.